The van der Waals surface area contributed by atoms with Crippen molar-refractivity contribution in [1.29, 1.82) is 0 Å². The molecule has 1 aliphatic heterocycles. The summed E-state index contributed by atoms with van der Waals surface area (Å²) in [6.07, 6.45) is 5.21. The summed E-state index contributed by atoms with van der Waals surface area (Å²) in [7, 11) is 0. The standard InChI is InChI=1S/C19H22N2O3/c22-18-14(9-12-5-1-3-7-15(12)20-18)11-21-16-8-4-2-6-13(16)10-17(21)19(23)24/h1,3,5,7,9,13,16-17H,2,4,6,8,10-11H2,(H,20,22)(H,23,24). The minimum absolute atomic E-state index is 0.114. The van der Waals surface area contributed by atoms with Crippen molar-refractivity contribution in [2.75, 3.05) is 0 Å². The molecule has 3 atom stereocenters. The van der Waals surface area contributed by atoms with Crippen LogP contribution in [0.5, 0.6) is 0 Å². The van der Waals surface area contributed by atoms with Crippen molar-refractivity contribution in [2.45, 2.75) is 50.7 Å². The molecular weight excluding hydrogens is 304 g/mol. The predicted molar refractivity (Wildman–Crippen MR) is 91.9 cm³/mol. The number of nitrogens with zero attached hydrogens (tertiary/aromatic N) is 1. The number of pyridine rings is 1. The number of nitrogens with one attached hydrogen (secondary N) is 1. The number of aliphatic carboxylic acids is 1. The van der Waals surface area contributed by atoms with Crippen molar-refractivity contribution in [3.05, 3.63) is 46.2 Å². The lowest BCUT2D eigenvalue weighted by Gasteiger charge is -2.32. The number of likely N-dealkylation sites (tertiary alicyclic amines) is 1. The van der Waals surface area contributed by atoms with Gasteiger partial charge < -0.3 is 10.1 Å². The van der Waals surface area contributed by atoms with Crippen molar-refractivity contribution in [2.24, 2.45) is 5.92 Å². The molecule has 1 saturated carbocycles. The van der Waals surface area contributed by atoms with Gasteiger partial charge in [0.2, 0.25) is 0 Å². The van der Waals surface area contributed by atoms with Crippen LogP contribution in [-0.4, -0.2) is 33.0 Å². The second-order valence-corrected chi connectivity index (χ2v) is 7.08. The lowest BCUT2D eigenvalue weighted by atomic mass is 9.84. The largest absolute Gasteiger partial charge is 0.480 e. The van der Waals surface area contributed by atoms with E-state index >= 15 is 0 Å². The maximum atomic E-state index is 12.4. The summed E-state index contributed by atoms with van der Waals surface area (Å²) in [6, 6.07) is 9.42. The van der Waals surface area contributed by atoms with E-state index in [-0.39, 0.29) is 5.56 Å². The van der Waals surface area contributed by atoms with Gasteiger partial charge in [-0.25, -0.2) is 0 Å². The fourth-order valence-corrected chi connectivity index (χ4v) is 4.53. The van der Waals surface area contributed by atoms with Gasteiger partial charge >= 0.3 is 5.97 Å². The van der Waals surface area contributed by atoms with Crippen LogP contribution in [0.2, 0.25) is 0 Å². The van der Waals surface area contributed by atoms with Gasteiger partial charge in [0, 0.05) is 23.7 Å². The predicted octanol–water partition coefficient (Wildman–Crippen LogP) is 2.75. The zero-order valence-electron chi connectivity index (χ0n) is 13.6. The fourth-order valence-electron chi connectivity index (χ4n) is 4.53. The highest BCUT2D eigenvalue weighted by molar-refractivity contribution is 5.78. The summed E-state index contributed by atoms with van der Waals surface area (Å²) in [6.45, 7) is 0.415. The number of rotatable bonds is 3. The molecule has 1 saturated heterocycles. The smallest absolute Gasteiger partial charge is 0.320 e. The molecule has 1 aromatic carbocycles. The van der Waals surface area contributed by atoms with Crippen molar-refractivity contribution < 1.29 is 9.90 Å². The van der Waals surface area contributed by atoms with Crippen LogP contribution in [0.15, 0.2) is 35.1 Å². The van der Waals surface area contributed by atoms with Crippen molar-refractivity contribution in [3.63, 3.8) is 0 Å². The molecule has 2 aliphatic rings. The van der Waals surface area contributed by atoms with Crippen LogP contribution in [0.25, 0.3) is 10.9 Å². The van der Waals surface area contributed by atoms with Crippen molar-refractivity contribution in [1.82, 2.24) is 9.88 Å². The summed E-state index contributed by atoms with van der Waals surface area (Å²) in [5.41, 5.74) is 1.36. The second-order valence-electron chi connectivity index (χ2n) is 7.08. The third kappa shape index (κ3) is 2.63. The first kappa shape index (κ1) is 15.4. The molecule has 2 heterocycles. The molecule has 24 heavy (non-hydrogen) atoms. The molecule has 0 bridgehead atoms. The lowest BCUT2D eigenvalue weighted by Crippen LogP contribution is -2.42. The fraction of sp³-hybridized carbons (Fsp3) is 0.474. The Morgan fingerprint density at radius 3 is 2.88 bits per heavy atom. The molecule has 1 aliphatic carbocycles. The van der Waals surface area contributed by atoms with Gasteiger partial charge in [0.25, 0.3) is 5.56 Å². The molecule has 2 N–H and O–H groups in total. The maximum absolute atomic E-state index is 12.4. The zero-order valence-corrected chi connectivity index (χ0v) is 13.6. The summed E-state index contributed by atoms with van der Waals surface area (Å²) in [4.78, 5) is 29.1. The van der Waals surface area contributed by atoms with E-state index in [0.717, 1.165) is 30.2 Å². The highest BCUT2D eigenvalue weighted by atomic mass is 16.4. The minimum Gasteiger partial charge on any atom is -0.480 e. The van der Waals surface area contributed by atoms with Gasteiger partial charge in [-0.3, -0.25) is 14.5 Å². The number of carboxylic acids is 1. The van der Waals surface area contributed by atoms with Gasteiger partial charge in [-0.15, -0.1) is 0 Å². The Morgan fingerprint density at radius 1 is 1.25 bits per heavy atom. The lowest BCUT2D eigenvalue weighted by molar-refractivity contribution is -0.142. The number of carbonyl (C=O) groups is 1. The summed E-state index contributed by atoms with van der Waals surface area (Å²) >= 11 is 0. The van der Waals surface area contributed by atoms with E-state index in [2.05, 4.69) is 9.88 Å². The van der Waals surface area contributed by atoms with E-state index in [1.807, 2.05) is 30.3 Å². The third-order valence-corrected chi connectivity index (χ3v) is 5.69. The molecule has 5 heteroatoms. The Bertz CT molecular complexity index is 829. The molecule has 0 amide bonds. The van der Waals surface area contributed by atoms with Crippen LogP contribution < -0.4 is 5.56 Å². The Balaban J connectivity index is 1.68. The van der Waals surface area contributed by atoms with E-state index < -0.39 is 12.0 Å². The SMILES string of the molecule is O=C(O)C1CC2CCCCC2N1Cc1cc2ccccc2[nH]c1=O. The Kier molecular flexibility index (Phi) is 3.88. The highest BCUT2D eigenvalue weighted by Crippen LogP contribution is 2.40. The van der Waals surface area contributed by atoms with Gasteiger partial charge in [0.1, 0.15) is 6.04 Å². The average molecular weight is 326 g/mol. The first-order chi connectivity index (χ1) is 11.6. The number of hydrogen-bond donors (Lipinski definition) is 2. The molecular formula is C19H22N2O3. The van der Waals surface area contributed by atoms with Crippen molar-refractivity contribution in [3.8, 4) is 0 Å². The molecule has 5 nitrogen and oxygen atoms in total. The van der Waals surface area contributed by atoms with Crippen molar-refractivity contribution >= 4 is 16.9 Å². The van der Waals surface area contributed by atoms with Crippen LogP contribution in [0.4, 0.5) is 0 Å². The number of aromatic amines is 1. The van der Waals surface area contributed by atoms with E-state index in [0.29, 0.717) is 30.5 Å². The molecule has 126 valence electrons. The monoisotopic (exact) mass is 326 g/mol. The van der Waals surface area contributed by atoms with Gasteiger partial charge in [0.15, 0.2) is 0 Å². The number of benzene rings is 1. The summed E-state index contributed by atoms with van der Waals surface area (Å²) < 4.78 is 0. The molecule has 0 radical (unpaired) electrons. The Hall–Kier alpha value is -2.14. The van der Waals surface area contributed by atoms with Gasteiger partial charge in [0.05, 0.1) is 0 Å². The van der Waals surface area contributed by atoms with Crippen LogP contribution in [0, 0.1) is 5.92 Å². The van der Waals surface area contributed by atoms with E-state index in [4.69, 9.17) is 0 Å². The molecule has 0 spiro atoms. The van der Waals surface area contributed by atoms with Crippen LogP contribution in [-0.2, 0) is 11.3 Å². The third-order valence-electron chi connectivity index (χ3n) is 5.69. The van der Waals surface area contributed by atoms with E-state index in [1.165, 1.54) is 6.42 Å². The number of fused-ring (bicyclic) bond motifs is 2. The maximum Gasteiger partial charge on any atom is 0.320 e. The Morgan fingerprint density at radius 2 is 2.04 bits per heavy atom. The first-order valence-corrected chi connectivity index (χ1v) is 8.73. The Labute approximate surface area is 140 Å². The topological polar surface area (TPSA) is 73.4 Å². The van der Waals surface area contributed by atoms with Gasteiger partial charge in [-0.05, 0) is 42.7 Å². The number of hydrogen-bond acceptors (Lipinski definition) is 3. The second kappa shape index (κ2) is 6.06. The molecule has 3 unspecified atom stereocenters. The highest BCUT2D eigenvalue weighted by Gasteiger charge is 2.45. The quantitative estimate of drug-likeness (QED) is 0.909. The van der Waals surface area contributed by atoms with E-state index in [1.54, 1.807) is 0 Å². The van der Waals surface area contributed by atoms with Crippen LogP contribution in [0.1, 0.15) is 37.7 Å². The number of para-hydroxylation sites is 1. The average Bonchev–Trinajstić information content (AvgIpc) is 2.95. The number of carboxylic acid groups (broad SMARTS) is 1. The van der Waals surface area contributed by atoms with E-state index in [9.17, 15) is 14.7 Å². The minimum atomic E-state index is -0.762. The van der Waals surface area contributed by atoms with Crippen LogP contribution in [0.3, 0.4) is 0 Å². The number of aromatic nitrogens is 1. The zero-order chi connectivity index (χ0) is 16.7. The molecule has 2 aromatic rings. The summed E-state index contributed by atoms with van der Waals surface area (Å²) in [5, 5.41) is 10.6. The molecule has 2 fully saturated rings. The van der Waals surface area contributed by atoms with Gasteiger partial charge in [-0.1, -0.05) is 31.0 Å². The first-order valence-electron chi connectivity index (χ1n) is 8.73. The van der Waals surface area contributed by atoms with Gasteiger partial charge in [-0.2, -0.15) is 0 Å². The molecule has 4 rings (SSSR count). The summed E-state index contributed by atoms with van der Waals surface area (Å²) in [5.74, 6) is -0.305. The van der Waals surface area contributed by atoms with Crippen LogP contribution >= 0.6 is 0 Å². The number of H-pyrrole nitrogens is 1. The normalized spacial score (nSPS) is 27.2. The molecule has 1 aromatic heterocycles.